The maximum absolute atomic E-state index is 10.5. The molecule has 1 N–H and O–H groups in total. The quantitative estimate of drug-likeness (QED) is 0.266. The van der Waals surface area contributed by atoms with E-state index in [1.807, 2.05) is 0 Å². The van der Waals surface area contributed by atoms with Crippen molar-refractivity contribution in [3.8, 4) is 0 Å². The fraction of sp³-hybridized carbons (Fsp3) is 0. The molecule has 0 aliphatic carbocycles. The van der Waals surface area contributed by atoms with E-state index < -0.39 is 5.97 Å². The Morgan fingerprint density at radius 2 is 2.21 bits per heavy atom. The van der Waals surface area contributed by atoms with Crippen LogP contribution in [0.4, 0.5) is 0 Å². The predicted molar refractivity (Wildman–Crippen MR) is 41.4 cm³/mol. The first-order valence-corrected chi connectivity index (χ1v) is 3.94. The van der Waals surface area contributed by atoms with E-state index in [9.17, 15) is 10.1 Å². The summed E-state index contributed by atoms with van der Waals surface area (Å²) < 4.78 is 4.02. The molecule has 7 heteroatoms. The predicted octanol–water partition coefficient (Wildman–Crippen LogP) is -2.38. The van der Waals surface area contributed by atoms with Gasteiger partial charge in [-0.3, -0.25) is 5.04 Å². The average Bonchev–Trinajstić information content (AvgIpc) is 2.15. The van der Waals surface area contributed by atoms with Gasteiger partial charge in [0.25, 0.3) is 0 Å². The molecule has 70 valence electrons. The molecular weight excluding hydrogens is 219 g/mol. The fourth-order valence-electron chi connectivity index (χ4n) is 0.734. The van der Waals surface area contributed by atoms with Gasteiger partial charge in [-0.05, 0) is 18.2 Å². The maximum Gasteiger partial charge on any atom is 1.00 e. The summed E-state index contributed by atoms with van der Waals surface area (Å²) in [6.07, 6.45) is 0. The summed E-state index contributed by atoms with van der Waals surface area (Å²) in [6, 6.07) is 5.94. The van der Waals surface area contributed by atoms with Gasteiger partial charge in [0.05, 0.1) is 17.6 Å². The van der Waals surface area contributed by atoms with Crippen molar-refractivity contribution >= 4 is 18.0 Å². The molecule has 0 unspecified atom stereocenters. The van der Waals surface area contributed by atoms with Crippen LogP contribution < -0.4 is 34.8 Å². The van der Waals surface area contributed by atoms with E-state index in [1.54, 1.807) is 12.1 Å². The van der Waals surface area contributed by atoms with Crippen LogP contribution in [0.1, 0.15) is 10.4 Å². The molecular formula is C7H5NaO5S. The second-order valence-electron chi connectivity index (χ2n) is 2.05. The monoisotopic (exact) mass is 224 g/mol. The molecule has 0 atom stereocenters. The van der Waals surface area contributed by atoms with Crippen LogP contribution in [0, 0.1) is 0 Å². The first-order valence-electron chi connectivity index (χ1n) is 3.20. The number of rotatable bonds is 4. The molecule has 0 aromatic heterocycles. The molecule has 1 aromatic rings. The van der Waals surface area contributed by atoms with Gasteiger partial charge in [-0.15, -0.1) is 0 Å². The van der Waals surface area contributed by atoms with Crippen LogP contribution in [0.25, 0.3) is 0 Å². The normalized spacial score (nSPS) is 9.21. The van der Waals surface area contributed by atoms with E-state index in [-0.39, 0.29) is 35.1 Å². The molecule has 0 fully saturated rings. The van der Waals surface area contributed by atoms with Crippen molar-refractivity contribution in [2.45, 2.75) is 4.90 Å². The van der Waals surface area contributed by atoms with Gasteiger partial charge < -0.3 is 10.4 Å². The fourth-order valence-corrected chi connectivity index (χ4v) is 1.15. The van der Waals surface area contributed by atoms with Crippen LogP contribution in [0.5, 0.6) is 0 Å². The van der Waals surface area contributed by atoms with Crippen LogP contribution in [-0.4, -0.2) is 11.1 Å². The molecule has 0 saturated heterocycles. The minimum absolute atomic E-state index is 0. The van der Waals surface area contributed by atoms with Crippen molar-refractivity contribution in [2.24, 2.45) is 0 Å². The minimum Gasteiger partial charge on any atom is -0.691 e. The minimum atomic E-state index is -1.04. The summed E-state index contributed by atoms with van der Waals surface area (Å²) in [6.45, 7) is 0. The Morgan fingerprint density at radius 3 is 2.79 bits per heavy atom. The van der Waals surface area contributed by atoms with Crippen LogP contribution in [-0.2, 0) is 9.37 Å². The Hall–Kier alpha value is -0.0800. The third-order valence-electron chi connectivity index (χ3n) is 1.24. The van der Waals surface area contributed by atoms with Gasteiger partial charge in [0.1, 0.15) is 0 Å². The number of hydrogen-bond acceptors (Lipinski definition) is 5. The molecule has 0 heterocycles. The zero-order valence-electron chi connectivity index (χ0n) is 7.30. The Balaban J connectivity index is 0.00000169. The van der Waals surface area contributed by atoms with Gasteiger partial charge in [-0.25, -0.2) is 4.79 Å². The van der Waals surface area contributed by atoms with Gasteiger partial charge >= 0.3 is 35.5 Å². The molecule has 5 nitrogen and oxygen atoms in total. The summed E-state index contributed by atoms with van der Waals surface area (Å²) in [5, 5.41) is 21.2. The number of carboxylic acids is 1. The summed E-state index contributed by atoms with van der Waals surface area (Å²) in [4.78, 5) is 11.0. The zero-order valence-corrected chi connectivity index (χ0v) is 10.1. The Morgan fingerprint density at radius 1 is 1.50 bits per heavy atom. The summed E-state index contributed by atoms with van der Waals surface area (Å²) >= 11 is 0.654. The first kappa shape index (κ1) is 13.9. The smallest absolute Gasteiger partial charge is 0.691 e. The largest absolute Gasteiger partial charge is 1.00 e. The van der Waals surface area contributed by atoms with Gasteiger partial charge in [-0.1, -0.05) is 6.07 Å². The summed E-state index contributed by atoms with van der Waals surface area (Å²) in [7, 11) is 0. The topological polar surface area (TPSA) is 78.8 Å². The van der Waals surface area contributed by atoms with E-state index in [0.717, 1.165) is 0 Å². The third kappa shape index (κ3) is 4.43. The van der Waals surface area contributed by atoms with Crippen molar-refractivity contribution in [2.75, 3.05) is 0 Å². The van der Waals surface area contributed by atoms with Crippen molar-refractivity contribution in [1.29, 1.82) is 0 Å². The van der Waals surface area contributed by atoms with Crippen molar-refractivity contribution in [3.63, 3.8) is 0 Å². The SMILES string of the molecule is O=C(O)c1cccc(SOO[O-])c1.[Na+]. The molecule has 0 radical (unpaired) electrons. The van der Waals surface area contributed by atoms with Crippen LogP contribution in [0.3, 0.4) is 0 Å². The number of benzene rings is 1. The van der Waals surface area contributed by atoms with Crippen molar-refractivity contribution < 1.29 is 54.1 Å². The van der Waals surface area contributed by atoms with Gasteiger partial charge in [0, 0.05) is 4.90 Å². The van der Waals surface area contributed by atoms with E-state index in [4.69, 9.17) is 5.11 Å². The van der Waals surface area contributed by atoms with E-state index in [1.165, 1.54) is 12.1 Å². The number of aromatic carboxylic acids is 1. The van der Waals surface area contributed by atoms with Gasteiger partial charge in [-0.2, -0.15) is 4.33 Å². The number of carbonyl (C=O) groups is 1. The second-order valence-corrected chi connectivity index (χ2v) is 2.83. The molecule has 0 amide bonds. The molecule has 14 heavy (non-hydrogen) atoms. The second kappa shape index (κ2) is 7.24. The third-order valence-corrected chi connectivity index (χ3v) is 1.81. The van der Waals surface area contributed by atoms with E-state index >= 15 is 0 Å². The molecule has 0 bridgehead atoms. The number of carboxylic acid groups (broad SMARTS) is 1. The molecule has 0 saturated carbocycles. The van der Waals surface area contributed by atoms with Crippen LogP contribution >= 0.6 is 12.0 Å². The van der Waals surface area contributed by atoms with Crippen LogP contribution in [0.15, 0.2) is 29.2 Å². The van der Waals surface area contributed by atoms with E-state index in [2.05, 4.69) is 9.37 Å². The molecule has 0 spiro atoms. The van der Waals surface area contributed by atoms with E-state index in [0.29, 0.717) is 16.9 Å². The number of hydrogen-bond donors (Lipinski definition) is 1. The Kier molecular flexibility index (Phi) is 7.20. The summed E-state index contributed by atoms with van der Waals surface area (Å²) in [5.41, 5.74) is 0.125. The average molecular weight is 224 g/mol. The Labute approximate surface area is 106 Å². The molecule has 1 rings (SSSR count). The van der Waals surface area contributed by atoms with Crippen molar-refractivity contribution in [1.82, 2.24) is 0 Å². The first-order chi connectivity index (χ1) is 6.24. The molecule has 0 aliphatic heterocycles. The summed E-state index contributed by atoms with van der Waals surface area (Å²) in [5.74, 6) is -1.04. The molecule has 0 aliphatic rings. The van der Waals surface area contributed by atoms with Gasteiger partial charge in [0.15, 0.2) is 0 Å². The standard InChI is InChI=1S/C7H6O5S.Na/c8-7(9)5-2-1-3-6(4-5)13-12-11-10;/h1-4,10H,(H,8,9);/q;+1/p-1. The zero-order chi connectivity index (χ0) is 9.68. The van der Waals surface area contributed by atoms with Crippen molar-refractivity contribution in [3.05, 3.63) is 29.8 Å². The maximum atomic E-state index is 10.5. The molecule has 1 aromatic carbocycles. The van der Waals surface area contributed by atoms with Gasteiger partial charge in [0.2, 0.25) is 0 Å². The van der Waals surface area contributed by atoms with Crippen LogP contribution in [0.2, 0.25) is 0 Å². The Bertz CT molecular complexity index is 306.